The molecule has 4 heteroatoms. The van der Waals surface area contributed by atoms with Gasteiger partial charge >= 0.3 is 5.97 Å². The van der Waals surface area contributed by atoms with Crippen LogP contribution in [0, 0.1) is 12.7 Å². The second-order valence-corrected chi connectivity index (χ2v) is 3.00. The van der Waals surface area contributed by atoms with Crippen molar-refractivity contribution in [3.05, 3.63) is 47.3 Å². The number of carboxylic acids is 1. The van der Waals surface area contributed by atoms with Crippen molar-refractivity contribution in [2.24, 2.45) is 0 Å². The van der Waals surface area contributed by atoms with Crippen LogP contribution < -0.4 is 0 Å². The zero-order valence-corrected chi connectivity index (χ0v) is 8.03. The molecule has 3 nitrogen and oxygen atoms in total. The van der Waals surface area contributed by atoms with Crippen LogP contribution in [0.2, 0.25) is 0 Å². The monoisotopic (exact) mass is 208 g/mol. The third-order valence-corrected chi connectivity index (χ3v) is 1.83. The molecule has 1 rings (SSSR count). The van der Waals surface area contributed by atoms with E-state index in [0.29, 0.717) is 11.1 Å². The second kappa shape index (κ2) is 4.50. The molecule has 0 spiro atoms. The number of aryl methyl sites for hydroxylation is 1. The molecule has 0 atom stereocenters. The Balaban J connectivity index is 2.97. The maximum Gasteiger partial charge on any atom is 0.328 e. The van der Waals surface area contributed by atoms with E-state index in [0.717, 1.165) is 18.2 Å². The number of rotatable bonds is 3. The van der Waals surface area contributed by atoms with E-state index in [-0.39, 0.29) is 0 Å². The summed E-state index contributed by atoms with van der Waals surface area (Å²) in [6, 6.07) is 3.72. The SMILES string of the molecule is Cc1cc(F)ccc1C(=O)/C=C/C(=O)O. The van der Waals surface area contributed by atoms with E-state index < -0.39 is 17.6 Å². The van der Waals surface area contributed by atoms with Gasteiger partial charge in [-0.25, -0.2) is 9.18 Å². The zero-order chi connectivity index (χ0) is 11.4. The van der Waals surface area contributed by atoms with Gasteiger partial charge in [-0.05, 0) is 36.8 Å². The Hall–Kier alpha value is -1.97. The Morgan fingerprint density at radius 3 is 2.53 bits per heavy atom. The van der Waals surface area contributed by atoms with Gasteiger partial charge in [-0.3, -0.25) is 4.79 Å². The standard InChI is InChI=1S/C11H9FO3/c1-7-6-8(12)2-3-9(7)10(13)4-5-11(14)15/h2-6H,1H3,(H,14,15)/b5-4+. The lowest BCUT2D eigenvalue weighted by Crippen LogP contribution is -1.99. The molecule has 0 saturated heterocycles. The van der Waals surface area contributed by atoms with E-state index in [2.05, 4.69) is 0 Å². The summed E-state index contributed by atoms with van der Waals surface area (Å²) < 4.78 is 12.7. The van der Waals surface area contributed by atoms with Crippen molar-refractivity contribution in [1.29, 1.82) is 0 Å². The first-order valence-electron chi connectivity index (χ1n) is 4.22. The molecule has 1 N–H and O–H groups in total. The summed E-state index contributed by atoms with van der Waals surface area (Å²) >= 11 is 0. The summed E-state index contributed by atoms with van der Waals surface area (Å²) in [5.74, 6) is -2.07. The minimum absolute atomic E-state index is 0.300. The van der Waals surface area contributed by atoms with Gasteiger partial charge in [-0.1, -0.05) is 0 Å². The Morgan fingerprint density at radius 2 is 2.00 bits per heavy atom. The van der Waals surface area contributed by atoms with Crippen LogP contribution in [0.3, 0.4) is 0 Å². The van der Waals surface area contributed by atoms with Crippen molar-refractivity contribution >= 4 is 11.8 Å². The molecule has 0 aromatic heterocycles. The van der Waals surface area contributed by atoms with E-state index in [1.807, 2.05) is 0 Å². The number of hydrogen-bond donors (Lipinski definition) is 1. The first-order chi connectivity index (χ1) is 7.00. The Labute approximate surface area is 85.8 Å². The van der Waals surface area contributed by atoms with Crippen LogP contribution in [0.1, 0.15) is 15.9 Å². The maximum absolute atomic E-state index is 12.7. The van der Waals surface area contributed by atoms with Crippen molar-refractivity contribution < 1.29 is 19.1 Å². The Kier molecular flexibility index (Phi) is 3.33. The third kappa shape index (κ3) is 3.02. The van der Waals surface area contributed by atoms with E-state index in [1.54, 1.807) is 6.92 Å². The van der Waals surface area contributed by atoms with Crippen LogP contribution in [0.4, 0.5) is 4.39 Å². The number of hydrogen-bond acceptors (Lipinski definition) is 2. The van der Waals surface area contributed by atoms with Crippen LogP contribution in [0.5, 0.6) is 0 Å². The summed E-state index contributed by atoms with van der Waals surface area (Å²) in [6.45, 7) is 1.59. The smallest absolute Gasteiger partial charge is 0.328 e. The summed E-state index contributed by atoms with van der Waals surface area (Å²) in [5, 5.41) is 8.32. The highest BCUT2D eigenvalue weighted by molar-refractivity contribution is 6.07. The molecular formula is C11H9FO3. The average molecular weight is 208 g/mol. The lowest BCUT2D eigenvalue weighted by Gasteiger charge is -2.00. The highest BCUT2D eigenvalue weighted by Gasteiger charge is 2.06. The molecule has 0 saturated carbocycles. The number of carboxylic acid groups (broad SMARTS) is 1. The molecule has 15 heavy (non-hydrogen) atoms. The Bertz CT molecular complexity index is 435. The molecule has 0 amide bonds. The minimum atomic E-state index is -1.19. The van der Waals surface area contributed by atoms with Crippen LogP contribution in [0.25, 0.3) is 0 Å². The van der Waals surface area contributed by atoms with E-state index in [4.69, 9.17) is 5.11 Å². The van der Waals surface area contributed by atoms with Crippen molar-refractivity contribution in [2.75, 3.05) is 0 Å². The quantitative estimate of drug-likeness (QED) is 0.610. The molecule has 1 aromatic carbocycles. The number of ketones is 1. The number of aliphatic carboxylic acids is 1. The van der Waals surface area contributed by atoms with Crippen molar-refractivity contribution in [1.82, 2.24) is 0 Å². The van der Waals surface area contributed by atoms with Gasteiger partial charge in [0.1, 0.15) is 5.82 Å². The largest absolute Gasteiger partial charge is 0.478 e. The van der Waals surface area contributed by atoms with Crippen molar-refractivity contribution in [3.8, 4) is 0 Å². The van der Waals surface area contributed by atoms with Crippen molar-refractivity contribution in [2.45, 2.75) is 6.92 Å². The number of carbonyl (C=O) groups is 2. The molecule has 0 aliphatic rings. The first kappa shape index (κ1) is 11.1. The molecule has 0 aliphatic carbocycles. The van der Waals surface area contributed by atoms with Crippen LogP contribution in [0.15, 0.2) is 30.4 Å². The topological polar surface area (TPSA) is 54.4 Å². The van der Waals surface area contributed by atoms with Gasteiger partial charge in [0.15, 0.2) is 5.78 Å². The summed E-state index contributed by atoms with van der Waals surface area (Å²) in [5.41, 5.74) is 0.781. The van der Waals surface area contributed by atoms with E-state index in [9.17, 15) is 14.0 Å². The Morgan fingerprint density at radius 1 is 1.33 bits per heavy atom. The lowest BCUT2D eigenvalue weighted by molar-refractivity contribution is -0.131. The lowest BCUT2D eigenvalue weighted by atomic mass is 10.0. The molecule has 0 fully saturated rings. The van der Waals surface area contributed by atoms with E-state index >= 15 is 0 Å². The molecule has 0 unspecified atom stereocenters. The fourth-order valence-corrected chi connectivity index (χ4v) is 1.14. The number of allylic oxidation sites excluding steroid dienone is 1. The fraction of sp³-hybridized carbons (Fsp3) is 0.0909. The van der Waals surface area contributed by atoms with Gasteiger partial charge in [0.05, 0.1) is 0 Å². The van der Waals surface area contributed by atoms with Gasteiger partial charge < -0.3 is 5.11 Å². The van der Waals surface area contributed by atoms with Crippen molar-refractivity contribution in [3.63, 3.8) is 0 Å². The zero-order valence-electron chi connectivity index (χ0n) is 8.03. The third-order valence-electron chi connectivity index (χ3n) is 1.83. The van der Waals surface area contributed by atoms with E-state index in [1.165, 1.54) is 12.1 Å². The molecule has 0 radical (unpaired) electrons. The predicted molar refractivity (Wildman–Crippen MR) is 52.2 cm³/mol. The van der Waals surface area contributed by atoms with Gasteiger partial charge in [0, 0.05) is 11.6 Å². The summed E-state index contributed by atoms with van der Waals surface area (Å²) in [7, 11) is 0. The van der Waals surface area contributed by atoms with Crippen LogP contribution >= 0.6 is 0 Å². The highest BCUT2D eigenvalue weighted by atomic mass is 19.1. The molecule has 0 aliphatic heterocycles. The highest BCUT2D eigenvalue weighted by Crippen LogP contribution is 2.11. The summed E-state index contributed by atoms with van der Waals surface area (Å²) in [4.78, 5) is 21.6. The normalized spacial score (nSPS) is 10.5. The van der Waals surface area contributed by atoms with Gasteiger partial charge in [-0.15, -0.1) is 0 Å². The maximum atomic E-state index is 12.7. The summed E-state index contributed by atoms with van der Waals surface area (Å²) in [6.07, 6.45) is 1.70. The molecule has 1 aromatic rings. The number of carbonyl (C=O) groups excluding carboxylic acids is 1. The molecule has 0 heterocycles. The number of benzene rings is 1. The predicted octanol–water partition coefficient (Wildman–Crippen LogP) is 1.96. The van der Waals surface area contributed by atoms with Gasteiger partial charge in [0.2, 0.25) is 0 Å². The minimum Gasteiger partial charge on any atom is -0.478 e. The second-order valence-electron chi connectivity index (χ2n) is 3.00. The number of halogens is 1. The van der Waals surface area contributed by atoms with Gasteiger partial charge in [0.25, 0.3) is 0 Å². The van der Waals surface area contributed by atoms with Crippen LogP contribution in [-0.2, 0) is 4.79 Å². The molecular weight excluding hydrogens is 199 g/mol. The fourth-order valence-electron chi connectivity index (χ4n) is 1.14. The van der Waals surface area contributed by atoms with Gasteiger partial charge in [-0.2, -0.15) is 0 Å². The molecule has 78 valence electrons. The molecule has 0 bridgehead atoms. The first-order valence-corrected chi connectivity index (χ1v) is 4.22. The van der Waals surface area contributed by atoms with Crippen LogP contribution in [-0.4, -0.2) is 16.9 Å². The average Bonchev–Trinajstić information content (AvgIpc) is 2.14.